The number of nitrogens with zero attached hydrogens (tertiary/aromatic N) is 4. The number of aromatic nitrogens is 2. The quantitative estimate of drug-likeness (QED) is 0.619. The molecule has 30 heavy (non-hydrogen) atoms. The van der Waals surface area contributed by atoms with Crippen LogP contribution >= 0.6 is 11.6 Å². The second-order valence-corrected chi connectivity index (χ2v) is 8.45. The molecule has 1 fully saturated rings. The van der Waals surface area contributed by atoms with E-state index >= 15 is 0 Å². The van der Waals surface area contributed by atoms with E-state index in [9.17, 15) is 4.79 Å². The van der Waals surface area contributed by atoms with Crippen LogP contribution in [0.4, 0.5) is 11.4 Å². The maximum absolute atomic E-state index is 13.1. The fourth-order valence-electron chi connectivity index (χ4n) is 4.26. The predicted octanol–water partition coefficient (Wildman–Crippen LogP) is 4.54. The standard InChI is InChI=1S/C23H23ClN4O2/c1-15-9-10-26(12-15)20-8-7-19(11-21(20)30-2)27-13-16-14-28(25-22(16)23(27)29)18-5-3-17(24)4-6-18/h3-8,11,14-15H,9-10,12-13H2,1-2H3/t15-/m1/s1. The van der Waals surface area contributed by atoms with Gasteiger partial charge in [-0.05, 0) is 48.7 Å². The minimum absolute atomic E-state index is 0.0951. The van der Waals surface area contributed by atoms with E-state index in [0.717, 1.165) is 41.5 Å². The maximum atomic E-state index is 13.1. The van der Waals surface area contributed by atoms with Crippen molar-refractivity contribution in [2.45, 2.75) is 19.9 Å². The molecule has 6 nitrogen and oxygen atoms in total. The van der Waals surface area contributed by atoms with Gasteiger partial charge in [0.1, 0.15) is 5.75 Å². The number of ether oxygens (including phenoxy) is 1. The second kappa shape index (κ2) is 7.36. The number of hydrogen-bond acceptors (Lipinski definition) is 4. The minimum atomic E-state index is -0.0951. The number of hydrogen-bond donors (Lipinski definition) is 0. The number of carbonyl (C=O) groups is 1. The van der Waals surface area contributed by atoms with E-state index in [1.165, 1.54) is 6.42 Å². The molecule has 0 N–H and O–H groups in total. The molecule has 7 heteroatoms. The van der Waals surface area contributed by atoms with E-state index in [-0.39, 0.29) is 5.91 Å². The summed E-state index contributed by atoms with van der Waals surface area (Å²) in [5.74, 6) is 1.38. The molecule has 1 saturated heterocycles. The molecular formula is C23H23ClN4O2. The van der Waals surface area contributed by atoms with Gasteiger partial charge in [0.25, 0.3) is 5.91 Å². The van der Waals surface area contributed by atoms with Gasteiger partial charge in [-0.3, -0.25) is 4.79 Å². The second-order valence-electron chi connectivity index (χ2n) is 8.01. The van der Waals surface area contributed by atoms with Crippen molar-refractivity contribution in [1.82, 2.24) is 9.78 Å². The highest BCUT2D eigenvalue weighted by atomic mass is 35.5. The Balaban J connectivity index is 1.40. The van der Waals surface area contributed by atoms with Gasteiger partial charge >= 0.3 is 0 Å². The normalized spacial score (nSPS) is 18.2. The van der Waals surface area contributed by atoms with Gasteiger partial charge in [-0.2, -0.15) is 5.10 Å². The highest BCUT2D eigenvalue weighted by Crippen LogP contribution is 2.37. The van der Waals surface area contributed by atoms with Gasteiger partial charge in [-0.15, -0.1) is 0 Å². The maximum Gasteiger partial charge on any atom is 0.279 e. The topological polar surface area (TPSA) is 50.6 Å². The molecule has 0 spiro atoms. The average molecular weight is 423 g/mol. The van der Waals surface area contributed by atoms with Gasteiger partial charge in [-0.25, -0.2) is 4.68 Å². The van der Waals surface area contributed by atoms with Crippen LogP contribution in [0.2, 0.25) is 5.02 Å². The summed E-state index contributed by atoms with van der Waals surface area (Å²) in [5.41, 5.74) is 4.18. The first-order valence-corrected chi connectivity index (χ1v) is 10.5. The van der Waals surface area contributed by atoms with Crippen molar-refractivity contribution < 1.29 is 9.53 Å². The number of amides is 1. The molecule has 1 atom stereocenters. The van der Waals surface area contributed by atoms with Crippen LogP contribution in [0.1, 0.15) is 29.4 Å². The monoisotopic (exact) mass is 422 g/mol. The molecule has 1 aromatic heterocycles. The lowest BCUT2D eigenvalue weighted by atomic mass is 10.2. The summed E-state index contributed by atoms with van der Waals surface area (Å²) in [6.45, 7) is 4.82. The Bertz CT molecular complexity index is 1110. The summed E-state index contributed by atoms with van der Waals surface area (Å²) in [5, 5.41) is 5.19. The van der Waals surface area contributed by atoms with Gasteiger partial charge < -0.3 is 14.5 Å². The number of anilines is 2. The first kappa shape index (κ1) is 19.0. The Kier molecular flexibility index (Phi) is 4.66. The summed E-state index contributed by atoms with van der Waals surface area (Å²) in [4.78, 5) is 17.2. The van der Waals surface area contributed by atoms with Crippen LogP contribution in [-0.4, -0.2) is 35.9 Å². The zero-order valence-corrected chi connectivity index (χ0v) is 17.8. The summed E-state index contributed by atoms with van der Waals surface area (Å²) in [7, 11) is 1.68. The number of benzene rings is 2. The molecular weight excluding hydrogens is 400 g/mol. The smallest absolute Gasteiger partial charge is 0.279 e. The Labute approximate surface area is 180 Å². The molecule has 3 heterocycles. The third kappa shape index (κ3) is 3.21. The molecule has 2 aromatic carbocycles. The Morgan fingerprint density at radius 3 is 2.57 bits per heavy atom. The van der Waals surface area contributed by atoms with Crippen LogP contribution in [-0.2, 0) is 6.54 Å². The van der Waals surface area contributed by atoms with Crippen LogP contribution in [0.15, 0.2) is 48.7 Å². The lowest BCUT2D eigenvalue weighted by molar-refractivity contribution is 0.0991. The van der Waals surface area contributed by atoms with Crippen LogP contribution < -0.4 is 14.5 Å². The summed E-state index contributed by atoms with van der Waals surface area (Å²) in [6.07, 6.45) is 3.10. The Morgan fingerprint density at radius 2 is 1.90 bits per heavy atom. The molecule has 0 radical (unpaired) electrons. The molecule has 0 bridgehead atoms. The molecule has 3 aromatic rings. The van der Waals surface area contributed by atoms with Gasteiger partial charge in [0.15, 0.2) is 5.69 Å². The van der Waals surface area contributed by atoms with E-state index in [0.29, 0.717) is 23.2 Å². The number of halogens is 1. The SMILES string of the molecule is COc1cc(N2Cc3cn(-c4ccc(Cl)cc4)nc3C2=O)ccc1N1CC[C@@H](C)C1. The highest BCUT2D eigenvalue weighted by molar-refractivity contribution is 6.30. The lowest BCUT2D eigenvalue weighted by Crippen LogP contribution is -2.25. The van der Waals surface area contributed by atoms with E-state index in [1.807, 2.05) is 42.6 Å². The summed E-state index contributed by atoms with van der Waals surface area (Å²) in [6, 6.07) is 13.4. The van der Waals surface area contributed by atoms with Gasteiger partial charge in [0.05, 0.1) is 25.0 Å². The van der Waals surface area contributed by atoms with Crippen molar-refractivity contribution in [1.29, 1.82) is 0 Å². The van der Waals surface area contributed by atoms with E-state index in [1.54, 1.807) is 16.7 Å². The number of fused-ring (bicyclic) bond motifs is 1. The van der Waals surface area contributed by atoms with Crippen LogP contribution in [0.5, 0.6) is 5.75 Å². The van der Waals surface area contributed by atoms with Crippen molar-refractivity contribution in [2.24, 2.45) is 5.92 Å². The van der Waals surface area contributed by atoms with Crippen molar-refractivity contribution in [3.05, 3.63) is 64.9 Å². The van der Waals surface area contributed by atoms with Crippen LogP contribution in [0.3, 0.4) is 0 Å². The zero-order chi connectivity index (χ0) is 20.8. The molecule has 5 rings (SSSR count). The van der Waals surface area contributed by atoms with Gasteiger partial charge in [-0.1, -0.05) is 18.5 Å². The van der Waals surface area contributed by atoms with Crippen molar-refractivity contribution >= 4 is 28.9 Å². The van der Waals surface area contributed by atoms with E-state index in [4.69, 9.17) is 16.3 Å². The summed E-state index contributed by atoms with van der Waals surface area (Å²) < 4.78 is 7.39. The molecule has 2 aliphatic rings. The third-order valence-electron chi connectivity index (χ3n) is 5.90. The molecule has 0 unspecified atom stereocenters. The fourth-order valence-corrected chi connectivity index (χ4v) is 4.39. The molecule has 0 saturated carbocycles. The van der Waals surface area contributed by atoms with Crippen molar-refractivity contribution in [3.63, 3.8) is 0 Å². The highest BCUT2D eigenvalue weighted by Gasteiger charge is 2.33. The fraction of sp³-hybridized carbons (Fsp3) is 0.304. The van der Waals surface area contributed by atoms with Crippen LogP contribution in [0, 0.1) is 5.92 Å². The number of rotatable bonds is 4. The predicted molar refractivity (Wildman–Crippen MR) is 118 cm³/mol. The Morgan fingerprint density at radius 1 is 1.13 bits per heavy atom. The van der Waals surface area contributed by atoms with Gasteiger partial charge in [0.2, 0.25) is 0 Å². The molecule has 154 valence electrons. The number of methoxy groups -OCH3 is 1. The first-order valence-electron chi connectivity index (χ1n) is 10.1. The lowest BCUT2D eigenvalue weighted by Gasteiger charge is -2.23. The third-order valence-corrected chi connectivity index (χ3v) is 6.15. The van der Waals surface area contributed by atoms with Gasteiger partial charge in [0, 0.05) is 41.6 Å². The first-order chi connectivity index (χ1) is 14.5. The zero-order valence-electron chi connectivity index (χ0n) is 17.0. The summed E-state index contributed by atoms with van der Waals surface area (Å²) >= 11 is 5.96. The Hall–Kier alpha value is -2.99. The van der Waals surface area contributed by atoms with E-state index in [2.05, 4.69) is 23.0 Å². The van der Waals surface area contributed by atoms with Crippen LogP contribution in [0.25, 0.3) is 5.69 Å². The molecule has 1 amide bonds. The minimum Gasteiger partial charge on any atom is -0.495 e. The molecule has 0 aliphatic carbocycles. The van der Waals surface area contributed by atoms with E-state index < -0.39 is 0 Å². The largest absolute Gasteiger partial charge is 0.495 e. The average Bonchev–Trinajstić information content (AvgIpc) is 3.44. The number of carbonyl (C=O) groups excluding carboxylic acids is 1. The molecule has 2 aliphatic heterocycles. The van der Waals surface area contributed by atoms with Crippen molar-refractivity contribution in [3.8, 4) is 11.4 Å². The van der Waals surface area contributed by atoms with Crippen molar-refractivity contribution in [2.75, 3.05) is 30.0 Å².